The Morgan fingerprint density at radius 2 is 2.00 bits per heavy atom. The zero-order valence-corrected chi connectivity index (χ0v) is 17.6. The molecule has 2 aromatic carbocycles. The fourth-order valence-corrected chi connectivity index (χ4v) is 3.20. The van der Waals surface area contributed by atoms with Crippen molar-refractivity contribution in [3.8, 4) is 22.9 Å². The molecule has 0 aliphatic heterocycles. The van der Waals surface area contributed by atoms with Crippen molar-refractivity contribution >= 4 is 28.3 Å². The first-order valence-electron chi connectivity index (χ1n) is 9.97. The number of anilines is 2. The van der Waals surface area contributed by atoms with Gasteiger partial charge in [-0.1, -0.05) is 13.8 Å². The summed E-state index contributed by atoms with van der Waals surface area (Å²) in [4.78, 5) is 16.4. The number of nitrogens with zero attached hydrogens (tertiary/aromatic N) is 3. The largest absolute Gasteiger partial charge is 0.493 e. The summed E-state index contributed by atoms with van der Waals surface area (Å²) in [5.41, 5.74) is 2.59. The van der Waals surface area contributed by atoms with Gasteiger partial charge in [0.05, 0.1) is 18.8 Å². The standard InChI is InChI=1S/C22H24N6O3/c1-13(2)8-17(29)12-31-19-7-4-14(10-20(19)30-3)21-25-22(28-27-21)24-16-5-6-18-15(9-16)11-23-26-18/h4-7,9-11,13H,8,12H2,1-3H3,(H,23,26)(H2,24,25,27,28). The van der Waals surface area contributed by atoms with Crippen LogP contribution in [0.25, 0.3) is 22.3 Å². The number of rotatable bonds is 9. The molecule has 0 amide bonds. The van der Waals surface area contributed by atoms with Gasteiger partial charge in [0.2, 0.25) is 5.95 Å². The molecule has 0 spiro atoms. The molecule has 160 valence electrons. The maximum Gasteiger partial charge on any atom is 0.246 e. The van der Waals surface area contributed by atoms with Crippen molar-refractivity contribution in [1.82, 2.24) is 25.4 Å². The van der Waals surface area contributed by atoms with Crippen molar-refractivity contribution in [1.29, 1.82) is 0 Å². The minimum absolute atomic E-state index is 0.0191. The van der Waals surface area contributed by atoms with Crippen LogP contribution in [0.4, 0.5) is 11.6 Å². The molecule has 31 heavy (non-hydrogen) atoms. The van der Waals surface area contributed by atoms with Crippen molar-refractivity contribution in [3.63, 3.8) is 0 Å². The van der Waals surface area contributed by atoms with Crippen LogP contribution in [-0.4, -0.2) is 44.9 Å². The van der Waals surface area contributed by atoms with Gasteiger partial charge in [0.1, 0.15) is 6.61 Å². The van der Waals surface area contributed by atoms with E-state index in [2.05, 4.69) is 30.7 Å². The SMILES string of the molecule is COc1cc(-c2nc(Nc3ccc4[nH]ncc4c3)n[nH]2)ccc1OCC(=O)CC(C)C. The maximum atomic E-state index is 11.9. The molecule has 3 N–H and O–H groups in total. The van der Waals surface area contributed by atoms with E-state index in [1.54, 1.807) is 25.4 Å². The first-order valence-corrected chi connectivity index (χ1v) is 9.97. The van der Waals surface area contributed by atoms with E-state index < -0.39 is 0 Å². The van der Waals surface area contributed by atoms with Crippen molar-refractivity contribution < 1.29 is 14.3 Å². The molecular formula is C22H24N6O3. The number of hydrogen-bond acceptors (Lipinski definition) is 7. The van der Waals surface area contributed by atoms with E-state index >= 15 is 0 Å². The molecule has 9 heteroatoms. The van der Waals surface area contributed by atoms with Crippen molar-refractivity contribution in [2.75, 3.05) is 19.0 Å². The van der Waals surface area contributed by atoms with Gasteiger partial charge < -0.3 is 14.8 Å². The zero-order valence-electron chi connectivity index (χ0n) is 17.6. The van der Waals surface area contributed by atoms with Gasteiger partial charge in [0.25, 0.3) is 0 Å². The van der Waals surface area contributed by atoms with Crippen LogP contribution in [0, 0.1) is 5.92 Å². The van der Waals surface area contributed by atoms with E-state index in [1.165, 1.54) is 0 Å². The molecule has 0 atom stereocenters. The second-order valence-electron chi connectivity index (χ2n) is 7.60. The van der Waals surface area contributed by atoms with Gasteiger partial charge in [0, 0.05) is 23.1 Å². The third-order valence-electron chi connectivity index (χ3n) is 4.64. The fraction of sp³-hybridized carbons (Fsp3) is 0.273. The van der Waals surface area contributed by atoms with E-state index in [0.29, 0.717) is 35.6 Å². The number of aromatic nitrogens is 5. The van der Waals surface area contributed by atoms with Gasteiger partial charge in [-0.25, -0.2) is 0 Å². The Kier molecular flexibility index (Phi) is 5.83. The highest BCUT2D eigenvalue weighted by Crippen LogP contribution is 2.32. The monoisotopic (exact) mass is 420 g/mol. The van der Waals surface area contributed by atoms with Gasteiger partial charge >= 0.3 is 0 Å². The number of carbonyl (C=O) groups excluding carboxylic acids is 1. The lowest BCUT2D eigenvalue weighted by atomic mass is 10.1. The number of aromatic amines is 2. The van der Waals surface area contributed by atoms with Crippen LogP contribution in [-0.2, 0) is 4.79 Å². The maximum absolute atomic E-state index is 11.9. The number of nitrogens with one attached hydrogen (secondary N) is 3. The molecule has 2 aromatic heterocycles. The predicted molar refractivity (Wildman–Crippen MR) is 118 cm³/mol. The Bertz CT molecular complexity index is 1200. The molecule has 0 bridgehead atoms. The Labute approximate surface area is 179 Å². The quantitative estimate of drug-likeness (QED) is 0.373. The number of H-pyrrole nitrogens is 2. The third kappa shape index (κ3) is 4.82. The van der Waals surface area contributed by atoms with Gasteiger partial charge in [-0.2, -0.15) is 10.1 Å². The lowest BCUT2D eigenvalue weighted by Crippen LogP contribution is -2.13. The van der Waals surface area contributed by atoms with Crippen LogP contribution in [0.15, 0.2) is 42.6 Å². The Morgan fingerprint density at radius 1 is 1.13 bits per heavy atom. The molecule has 4 aromatic rings. The Morgan fingerprint density at radius 3 is 2.81 bits per heavy atom. The number of carbonyl (C=O) groups is 1. The predicted octanol–water partition coefficient (Wildman–Crippen LogP) is 4.09. The Balaban J connectivity index is 1.46. The van der Waals surface area contributed by atoms with Gasteiger partial charge in [-0.3, -0.25) is 15.0 Å². The molecule has 0 aliphatic rings. The van der Waals surface area contributed by atoms with Crippen LogP contribution >= 0.6 is 0 Å². The summed E-state index contributed by atoms with van der Waals surface area (Å²) in [6.07, 6.45) is 2.25. The van der Waals surface area contributed by atoms with E-state index in [4.69, 9.17) is 9.47 Å². The summed E-state index contributed by atoms with van der Waals surface area (Å²) in [5, 5.41) is 18.3. The van der Waals surface area contributed by atoms with Crippen molar-refractivity contribution in [2.45, 2.75) is 20.3 Å². The lowest BCUT2D eigenvalue weighted by molar-refractivity contribution is -0.121. The van der Waals surface area contributed by atoms with Crippen molar-refractivity contribution in [3.05, 3.63) is 42.6 Å². The van der Waals surface area contributed by atoms with Crippen LogP contribution in [0.2, 0.25) is 0 Å². The number of hydrogen-bond donors (Lipinski definition) is 3. The van der Waals surface area contributed by atoms with Gasteiger partial charge in [0.15, 0.2) is 23.1 Å². The minimum atomic E-state index is 0.0191. The highest BCUT2D eigenvalue weighted by molar-refractivity contribution is 5.82. The van der Waals surface area contributed by atoms with Crippen LogP contribution in [0.1, 0.15) is 20.3 Å². The lowest BCUT2D eigenvalue weighted by Gasteiger charge is -2.11. The molecule has 0 radical (unpaired) electrons. The van der Waals surface area contributed by atoms with E-state index in [0.717, 1.165) is 22.2 Å². The number of methoxy groups -OCH3 is 1. The second-order valence-corrected chi connectivity index (χ2v) is 7.60. The first kappa shape index (κ1) is 20.4. The van der Waals surface area contributed by atoms with Gasteiger partial charge in [-0.15, -0.1) is 5.10 Å². The molecule has 0 fully saturated rings. The van der Waals surface area contributed by atoms with Crippen LogP contribution in [0.5, 0.6) is 11.5 Å². The summed E-state index contributed by atoms with van der Waals surface area (Å²) >= 11 is 0. The highest BCUT2D eigenvalue weighted by atomic mass is 16.5. The van der Waals surface area contributed by atoms with E-state index in [9.17, 15) is 4.79 Å². The number of benzene rings is 2. The number of ketones is 1. The fourth-order valence-electron chi connectivity index (χ4n) is 3.20. The molecule has 0 saturated heterocycles. The molecule has 2 heterocycles. The van der Waals surface area contributed by atoms with Crippen molar-refractivity contribution in [2.24, 2.45) is 5.92 Å². The number of fused-ring (bicyclic) bond motifs is 1. The smallest absolute Gasteiger partial charge is 0.246 e. The normalized spacial score (nSPS) is 11.1. The van der Waals surface area contributed by atoms with Crippen LogP contribution in [0.3, 0.4) is 0 Å². The molecule has 0 unspecified atom stereocenters. The zero-order chi connectivity index (χ0) is 21.8. The second kappa shape index (κ2) is 8.86. The number of ether oxygens (including phenoxy) is 2. The summed E-state index contributed by atoms with van der Waals surface area (Å²) in [5.74, 6) is 2.40. The highest BCUT2D eigenvalue weighted by Gasteiger charge is 2.13. The first-order chi connectivity index (χ1) is 15.0. The molecular weight excluding hydrogens is 396 g/mol. The van der Waals surface area contributed by atoms with Crippen LogP contribution < -0.4 is 14.8 Å². The minimum Gasteiger partial charge on any atom is -0.493 e. The van der Waals surface area contributed by atoms with E-state index in [1.807, 2.05) is 38.1 Å². The molecule has 0 aliphatic carbocycles. The summed E-state index contributed by atoms with van der Waals surface area (Å²) in [6.45, 7) is 4.03. The number of Topliss-reactive ketones (excluding diaryl/α,β-unsaturated/α-hetero) is 1. The summed E-state index contributed by atoms with van der Waals surface area (Å²) in [6, 6.07) is 11.2. The summed E-state index contributed by atoms with van der Waals surface area (Å²) < 4.78 is 11.1. The molecule has 9 nitrogen and oxygen atoms in total. The van der Waals surface area contributed by atoms with E-state index in [-0.39, 0.29) is 12.4 Å². The molecule has 0 saturated carbocycles. The third-order valence-corrected chi connectivity index (χ3v) is 4.64. The average Bonchev–Trinajstić information content (AvgIpc) is 3.41. The topological polar surface area (TPSA) is 118 Å². The Hall–Kier alpha value is -3.88. The molecule has 4 rings (SSSR count). The van der Waals surface area contributed by atoms with Gasteiger partial charge in [-0.05, 0) is 42.3 Å². The summed E-state index contributed by atoms with van der Waals surface area (Å²) in [7, 11) is 1.56. The average molecular weight is 420 g/mol.